The number of aromatic amines is 1. The van der Waals surface area contributed by atoms with Crippen molar-refractivity contribution in [3.05, 3.63) is 22.5 Å². The van der Waals surface area contributed by atoms with E-state index >= 15 is 0 Å². The normalized spacial score (nSPS) is 12.2. The van der Waals surface area contributed by atoms with Crippen LogP contribution < -0.4 is 5.73 Å². The van der Waals surface area contributed by atoms with Crippen LogP contribution in [-0.2, 0) is 19.0 Å². The van der Waals surface area contributed by atoms with Gasteiger partial charge in [0.15, 0.2) is 11.3 Å². The number of halogens is 4. The third-order valence-corrected chi connectivity index (χ3v) is 4.52. The van der Waals surface area contributed by atoms with Crippen LogP contribution in [0.2, 0.25) is 5.15 Å². The summed E-state index contributed by atoms with van der Waals surface area (Å²) in [6.45, 7) is 0. The smallest absolute Gasteiger partial charge is 0.384 e. The molecule has 23 heavy (non-hydrogen) atoms. The molecule has 3 aromatic rings. The van der Waals surface area contributed by atoms with E-state index < -0.39 is 11.9 Å². The summed E-state index contributed by atoms with van der Waals surface area (Å²) < 4.78 is 40.1. The maximum Gasteiger partial charge on any atom is 0.435 e. The highest BCUT2D eigenvalue weighted by Crippen LogP contribution is 2.38. The van der Waals surface area contributed by atoms with Gasteiger partial charge in [-0.2, -0.15) is 18.3 Å². The quantitative estimate of drug-likeness (QED) is 0.694. The molecule has 0 aromatic carbocycles. The first kappa shape index (κ1) is 15.9. The maximum absolute atomic E-state index is 13.0. The third-order valence-electron chi connectivity index (χ3n) is 2.99. The van der Waals surface area contributed by atoms with Gasteiger partial charge < -0.3 is 5.73 Å². The highest BCUT2D eigenvalue weighted by Gasteiger charge is 2.38. The van der Waals surface area contributed by atoms with E-state index in [1.165, 1.54) is 13.1 Å². The molecule has 0 atom stereocenters. The molecule has 7 nitrogen and oxygen atoms in total. The van der Waals surface area contributed by atoms with Gasteiger partial charge in [-0.05, 0) is 6.07 Å². The number of alkyl halides is 3. The van der Waals surface area contributed by atoms with E-state index in [9.17, 15) is 13.2 Å². The van der Waals surface area contributed by atoms with Gasteiger partial charge in [-0.3, -0.25) is 4.68 Å². The third kappa shape index (κ3) is 2.93. The molecular weight excluding hydrogens is 355 g/mol. The van der Waals surface area contributed by atoms with Crippen molar-refractivity contribution in [3.63, 3.8) is 0 Å². The Bertz CT molecular complexity index is 872. The van der Waals surface area contributed by atoms with Crippen LogP contribution in [0.3, 0.4) is 0 Å². The zero-order valence-electron chi connectivity index (χ0n) is 11.5. The molecule has 0 aliphatic carbocycles. The standard InChI is InChI=1S/C11H9ClF3N7S/c1-22-9(12)4(8(20-22)11(13,14)15)3-23-5-2-6(16)17-10-7(5)18-21-19-10/h2H,3H2,1H3,(H3,16,17,18,19,21). The predicted octanol–water partition coefficient (Wildman–Crippen LogP) is 2.63. The van der Waals surface area contributed by atoms with Gasteiger partial charge in [0.1, 0.15) is 16.5 Å². The zero-order valence-corrected chi connectivity index (χ0v) is 13.1. The number of anilines is 1. The fourth-order valence-corrected chi connectivity index (χ4v) is 3.32. The summed E-state index contributed by atoms with van der Waals surface area (Å²) in [6.07, 6.45) is -4.58. The number of hydrogen-bond acceptors (Lipinski definition) is 6. The molecule has 122 valence electrons. The highest BCUT2D eigenvalue weighted by molar-refractivity contribution is 7.98. The maximum atomic E-state index is 13.0. The molecule has 0 aliphatic rings. The minimum atomic E-state index is -4.58. The van der Waals surface area contributed by atoms with E-state index in [1.54, 1.807) is 0 Å². The number of nitrogens with one attached hydrogen (secondary N) is 1. The monoisotopic (exact) mass is 363 g/mol. The molecule has 0 bridgehead atoms. The Hall–Kier alpha value is -2.01. The molecule has 3 N–H and O–H groups in total. The molecule has 0 unspecified atom stereocenters. The number of pyridine rings is 1. The van der Waals surface area contributed by atoms with Crippen molar-refractivity contribution in [1.82, 2.24) is 30.2 Å². The number of aromatic nitrogens is 6. The second-order valence-corrected chi connectivity index (χ2v) is 5.96. The number of aryl methyl sites for hydroxylation is 1. The molecule has 0 spiro atoms. The van der Waals surface area contributed by atoms with Crippen LogP contribution in [-0.4, -0.2) is 30.2 Å². The van der Waals surface area contributed by atoms with Gasteiger partial charge in [-0.25, -0.2) is 10.1 Å². The van der Waals surface area contributed by atoms with E-state index in [4.69, 9.17) is 17.3 Å². The Morgan fingerprint density at radius 2 is 2.17 bits per heavy atom. The lowest BCUT2D eigenvalue weighted by molar-refractivity contribution is -0.141. The second-order valence-electron chi connectivity index (χ2n) is 4.58. The molecule has 3 rings (SSSR count). The number of nitrogen functional groups attached to an aromatic ring is 1. The lowest BCUT2D eigenvalue weighted by Crippen LogP contribution is -2.09. The van der Waals surface area contributed by atoms with Crippen molar-refractivity contribution in [2.75, 3.05) is 5.73 Å². The minimum absolute atomic E-state index is 0.0487. The number of H-pyrrole nitrogens is 1. The number of rotatable bonds is 3. The fraction of sp³-hybridized carbons (Fsp3) is 0.273. The molecular formula is C11H9ClF3N7S. The van der Waals surface area contributed by atoms with Crippen molar-refractivity contribution in [2.24, 2.45) is 7.05 Å². The van der Waals surface area contributed by atoms with Crippen LogP contribution in [0, 0.1) is 0 Å². The van der Waals surface area contributed by atoms with Gasteiger partial charge in [-0.15, -0.1) is 16.9 Å². The lowest BCUT2D eigenvalue weighted by Gasteiger charge is -2.07. The van der Waals surface area contributed by atoms with Crippen molar-refractivity contribution in [2.45, 2.75) is 16.8 Å². The van der Waals surface area contributed by atoms with Crippen LogP contribution in [0.15, 0.2) is 11.0 Å². The summed E-state index contributed by atoms with van der Waals surface area (Å²) in [5.74, 6) is 0.159. The number of thioether (sulfide) groups is 1. The average molecular weight is 364 g/mol. The topological polar surface area (TPSA) is 98.3 Å². The number of nitrogens with two attached hydrogens (primary N) is 1. The first-order valence-corrected chi connectivity index (χ1v) is 7.52. The SMILES string of the molecule is Cn1nc(C(F)(F)F)c(CSc2cc(N)nc3[nH]nnc23)c1Cl. The van der Waals surface area contributed by atoms with E-state index in [1.807, 2.05) is 0 Å². The first-order valence-electron chi connectivity index (χ1n) is 6.16. The molecule has 3 aromatic heterocycles. The van der Waals surface area contributed by atoms with Gasteiger partial charge in [0.2, 0.25) is 0 Å². The Morgan fingerprint density at radius 1 is 1.43 bits per heavy atom. The summed E-state index contributed by atoms with van der Waals surface area (Å²) in [5.41, 5.74) is 5.35. The number of nitrogens with zero attached hydrogens (tertiary/aromatic N) is 5. The van der Waals surface area contributed by atoms with Crippen LogP contribution in [0.5, 0.6) is 0 Å². The van der Waals surface area contributed by atoms with Gasteiger partial charge in [0.25, 0.3) is 0 Å². The minimum Gasteiger partial charge on any atom is -0.384 e. The van der Waals surface area contributed by atoms with Crippen LogP contribution >= 0.6 is 23.4 Å². The van der Waals surface area contributed by atoms with Crippen LogP contribution in [0.25, 0.3) is 11.2 Å². The summed E-state index contributed by atoms with van der Waals surface area (Å²) >= 11 is 7.03. The molecule has 0 radical (unpaired) electrons. The molecule has 0 amide bonds. The van der Waals surface area contributed by atoms with Gasteiger partial charge in [-0.1, -0.05) is 16.8 Å². The molecule has 0 saturated heterocycles. The van der Waals surface area contributed by atoms with Gasteiger partial charge >= 0.3 is 6.18 Å². The Balaban J connectivity index is 1.96. The van der Waals surface area contributed by atoms with Crippen LogP contribution in [0.1, 0.15) is 11.3 Å². The Labute approximate surface area is 136 Å². The first-order chi connectivity index (χ1) is 10.8. The highest BCUT2D eigenvalue weighted by atomic mass is 35.5. The molecule has 0 aliphatic heterocycles. The van der Waals surface area contributed by atoms with E-state index in [0.717, 1.165) is 16.4 Å². The van der Waals surface area contributed by atoms with E-state index in [2.05, 4.69) is 25.5 Å². The largest absolute Gasteiger partial charge is 0.435 e. The summed E-state index contributed by atoms with van der Waals surface area (Å²) in [7, 11) is 1.35. The second kappa shape index (κ2) is 5.57. The number of hydrogen-bond donors (Lipinski definition) is 2. The van der Waals surface area contributed by atoms with Crippen molar-refractivity contribution >= 4 is 40.3 Å². The van der Waals surface area contributed by atoms with Crippen molar-refractivity contribution < 1.29 is 13.2 Å². The van der Waals surface area contributed by atoms with Gasteiger partial charge in [0.05, 0.1) is 0 Å². The summed E-state index contributed by atoms with van der Waals surface area (Å²) in [4.78, 5) is 4.54. The van der Waals surface area contributed by atoms with Crippen molar-refractivity contribution in [1.29, 1.82) is 0 Å². The number of fused-ring (bicyclic) bond motifs is 1. The van der Waals surface area contributed by atoms with E-state index in [0.29, 0.717) is 16.1 Å². The van der Waals surface area contributed by atoms with E-state index in [-0.39, 0.29) is 22.3 Å². The average Bonchev–Trinajstić information content (AvgIpc) is 3.02. The Kier molecular flexibility index (Phi) is 3.84. The summed E-state index contributed by atoms with van der Waals surface area (Å²) in [6, 6.07) is 1.52. The van der Waals surface area contributed by atoms with Gasteiger partial charge in [0, 0.05) is 23.3 Å². The predicted molar refractivity (Wildman–Crippen MR) is 78.9 cm³/mol. The molecule has 12 heteroatoms. The Morgan fingerprint density at radius 3 is 2.87 bits per heavy atom. The summed E-state index contributed by atoms with van der Waals surface area (Å²) in [5, 5.41) is 13.4. The fourth-order valence-electron chi connectivity index (χ4n) is 1.99. The van der Waals surface area contributed by atoms with Crippen LogP contribution in [0.4, 0.5) is 19.0 Å². The molecule has 0 saturated carbocycles. The zero-order chi connectivity index (χ0) is 16.8. The van der Waals surface area contributed by atoms with Crippen molar-refractivity contribution in [3.8, 4) is 0 Å². The molecule has 3 heterocycles. The molecule has 0 fully saturated rings. The lowest BCUT2D eigenvalue weighted by atomic mass is 10.3.